The number of aromatic amines is 1. The van der Waals surface area contributed by atoms with Crippen LogP contribution in [0.2, 0.25) is 0 Å². The number of nitrogens with one attached hydrogen (secondary N) is 1. The molecule has 0 spiro atoms. The van der Waals surface area contributed by atoms with Crippen molar-refractivity contribution in [3.8, 4) is 0 Å². The summed E-state index contributed by atoms with van der Waals surface area (Å²) in [6.45, 7) is 2.30. The van der Waals surface area contributed by atoms with E-state index in [2.05, 4.69) is 20.2 Å². The molecule has 1 aliphatic rings. The number of alkyl halides is 6. The summed E-state index contributed by atoms with van der Waals surface area (Å²) in [5.74, 6) is 0.965. The smallest absolute Gasteiger partial charge is 0.345 e. The average Bonchev–Trinajstić information content (AvgIpc) is 3.46. The van der Waals surface area contributed by atoms with Crippen molar-refractivity contribution in [1.29, 1.82) is 0 Å². The van der Waals surface area contributed by atoms with E-state index in [4.69, 9.17) is 0 Å². The molecule has 0 aromatic carbocycles. The standard InChI is InChI=1S/C22H28F6N6/c1-2-14-11-15(33(9-3-6-21(23,24)25)10-4-7-22(26,27)28)12-16(14)20-32-31-18-13-30-19-17(34(18)20)5-8-29-19/h5,8,13-16,29H,2-4,6-7,9-12H2,1H3/t14-,15+,16?/m1/s1. The van der Waals surface area contributed by atoms with Crippen LogP contribution in [-0.4, -0.2) is 60.9 Å². The Morgan fingerprint density at radius 3 is 2.32 bits per heavy atom. The lowest BCUT2D eigenvalue weighted by Crippen LogP contribution is -2.36. The van der Waals surface area contributed by atoms with E-state index >= 15 is 0 Å². The Hall–Kier alpha value is -2.37. The summed E-state index contributed by atoms with van der Waals surface area (Å²) in [7, 11) is 0. The Morgan fingerprint density at radius 2 is 1.71 bits per heavy atom. The van der Waals surface area contributed by atoms with Crippen LogP contribution in [0.25, 0.3) is 16.8 Å². The second-order valence-corrected chi connectivity index (χ2v) is 9.10. The van der Waals surface area contributed by atoms with Gasteiger partial charge in [0.15, 0.2) is 11.3 Å². The molecule has 3 atom stereocenters. The van der Waals surface area contributed by atoms with E-state index in [1.165, 1.54) is 0 Å². The molecular weight excluding hydrogens is 462 g/mol. The lowest BCUT2D eigenvalue weighted by atomic mass is 9.93. The van der Waals surface area contributed by atoms with Gasteiger partial charge in [0.25, 0.3) is 0 Å². The molecule has 0 radical (unpaired) electrons. The number of nitrogens with zero attached hydrogens (tertiary/aromatic N) is 5. The number of H-pyrrole nitrogens is 1. The third-order valence-electron chi connectivity index (χ3n) is 6.82. The van der Waals surface area contributed by atoms with Crippen LogP contribution >= 0.6 is 0 Å². The third kappa shape index (κ3) is 5.64. The van der Waals surface area contributed by atoms with Gasteiger partial charge in [-0.25, -0.2) is 4.98 Å². The highest BCUT2D eigenvalue weighted by Crippen LogP contribution is 2.43. The van der Waals surface area contributed by atoms with E-state index in [-0.39, 0.29) is 43.8 Å². The van der Waals surface area contributed by atoms with Crippen molar-refractivity contribution in [1.82, 2.24) is 29.5 Å². The van der Waals surface area contributed by atoms with Crippen LogP contribution in [0, 0.1) is 5.92 Å². The Bertz CT molecular complexity index is 1070. The number of halogens is 6. The van der Waals surface area contributed by atoms with Gasteiger partial charge in [0, 0.05) is 31.0 Å². The quantitative estimate of drug-likeness (QED) is 0.382. The zero-order valence-corrected chi connectivity index (χ0v) is 18.8. The highest BCUT2D eigenvalue weighted by Gasteiger charge is 2.40. The number of fused-ring (bicyclic) bond motifs is 3. The summed E-state index contributed by atoms with van der Waals surface area (Å²) in [6, 6.07) is 1.78. The minimum Gasteiger partial charge on any atom is -0.345 e. The Kier molecular flexibility index (Phi) is 7.07. The lowest BCUT2D eigenvalue weighted by molar-refractivity contribution is -0.137. The minimum atomic E-state index is -4.28. The molecule has 6 nitrogen and oxygen atoms in total. The third-order valence-corrected chi connectivity index (χ3v) is 6.82. The van der Waals surface area contributed by atoms with E-state index in [0.29, 0.717) is 24.1 Å². The summed E-state index contributed by atoms with van der Waals surface area (Å²) < 4.78 is 78.2. The fourth-order valence-corrected chi connectivity index (χ4v) is 5.24. The van der Waals surface area contributed by atoms with Crippen LogP contribution in [-0.2, 0) is 0 Å². The van der Waals surface area contributed by atoms with Crippen molar-refractivity contribution >= 4 is 16.8 Å². The second kappa shape index (κ2) is 9.71. The van der Waals surface area contributed by atoms with Gasteiger partial charge in [0.2, 0.25) is 0 Å². The van der Waals surface area contributed by atoms with Gasteiger partial charge in [-0.15, -0.1) is 10.2 Å². The van der Waals surface area contributed by atoms with Crippen molar-refractivity contribution in [3.05, 3.63) is 24.3 Å². The first-order chi connectivity index (χ1) is 16.1. The molecule has 3 aromatic rings. The van der Waals surface area contributed by atoms with E-state index in [9.17, 15) is 26.3 Å². The molecule has 1 saturated carbocycles. The van der Waals surface area contributed by atoms with Crippen LogP contribution < -0.4 is 0 Å². The normalized spacial score (nSPS) is 21.9. The molecule has 1 aliphatic carbocycles. The molecule has 1 unspecified atom stereocenters. The van der Waals surface area contributed by atoms with Gasteiger partial charge in [-0.2, -0.15) is 26.3 Å². The molecule has 12 heteroatoms. The van der Waals surface area contributed by atoms with Crippen molar-refractivity contribution in [3.63, 3.8) is 0 Å². The zero-order valence-electron chi connectivity index (χ0n) is 18.8. The van der Waals surface area contributed by atoms with Crippen LogP contribution in [0.3, 0.4) is 0 Å². The number of rotatable bonds is 9. The van der Waals surface area contributed by atoms with Crippen molar-refractivity contribution in [2.45, 2.75) is 76.2 Å². The predicted octanol–water partition coefficient (Wildman–Crippen LogP) is 5.86. The summed E-state index contributed by atoms with van der Waals surface area (Å²) in [5.41, 5.74) is 2.13. The van der Waals surface area contributed by atoms with Gasteiger partial charge in [0.1, 0.15) is 5.82 Å². The summed E-state index contributed by atoms with van der Waals surface area (Å²) in [4.78, 5) is 9.22. The van der Waals surface area contributed by atoms with Gasteiger partial charge in [-0.05, 0) is 50.8 Å². The molecule has 0 amide bonds. The van der Waals surface area contributed by atoms with Crippen molar-refractivity contribution in [2.24, 2.45) is 5.92 Å². The fourth-order valence-electron chi connectivity index (χ4n) is 5.24. The number of hydrogen-bond donors (Lipinski definition) is 1. The summed E-state index contributed by atoms with van der Waals surface area (Å²) >= 11 is 0. The van der Waals surface area contributed by atoms with Gasteiger partial charge < -0.3 is 9.88 Å². The van der Waals surface area contributed by atoms with Gasteiger partial charge in [0.05, 0.1) is 11.7 Å². The SMILES string of the molecule is CC[C@@H]1C[C@H](N(CCCC(F)(F)F)CCCC(F)(F)F)CC1c1nnc2cnc3[nH]ccc3n12. The van der Waals surface area contributed by atoms with Crippen LogP contribution in [0.4, 0.5) is 26.3 Å². The Balaban J connectivity index is 1.55. The summed E-state index contributed by atoms with van der Waals surface area (Å²) in [6.07, 6.45) is -5.14. The van der Waals surface area contributed by atoms with E-state index in [1.807, 2.05) is 22.3 Å². The number of aromatic nitrogens is 5. The van der Waals surface area contributed by atoms with Gasteiger partial charge in [-0.1, -0.05) is 13.3 Å². The molecule has 34 heavy (non-hydrogen) atoms. The average molecular weight is 490 g/mol. The van der Waals surface area contributed by atoms with Crippen LogP contribution in [0.5, 0.6) is 0 Å². The van der Waals surface area contributed by atoms with Gasteiger partial charge >= 0.3 is 12.4 Å². The number of hydrogen-bond acceptors (Lipinski definition) is 4. The summed E-state index contributed by atoms with van der Waals surface area (Å²) in [5, 5.41) is 8.69. The van der Waals surface area contributed by atoms with Crippen LogP contribution in [0.15, 0.2) is 18.5 Å². The van der Waals surface area contributed by atoms with E-state index in [1.54, 1.807) is 12.4 Å². The van der Waals surface area contributed by atoms with Crippen molar-refractivity contribution < 1.29 is 26.3 Å². The molecule has 0 bridgehead atoms. The minimum absolute atomic E-state index is 0.00164. The predicted molar refractivity (Wildman–Crippen MR) is 114 cm³/mol. The molecule has 1 fully saturated rings. The molecule has 4 rings (SSSR count). The van der Waals surface area contributed by atoms with Crippen molar-refractivity contribution in [2.75, 3.05) is 13.1 Å². The maximum absolute atomic E-state index is 12.7. The molecule has 188 valence electrons. The highest BCUT2D eigenvalue weighted by atomic mass is 19.4. The van der Waals surface area contributed by atoms with Gasteiger partial charge in [-0.3, -0.25) is 4.40 Å². The largest absolute Gasteiger partial charge is 0.389 e. The first-order valence-electron chi connectivity index (χ1n) is 11.6. The highest BCUT2D eigenvalue weighted by molar-refractivity contribution is 5.74. The molecular formula is C22H28F6N6. The Labute approximate surface area is 192 Å². The fraction of sp³-hybridized carbons (Fsp3) is 0.682. The molecule has 0 aliphatic heterocycles. The Morgan fingerprint density at radius 1 is 1.03 bits per heavy atom. The maximum Gasteiger partial charge on any atom is 0.389 e. The second-order valence-electron chi connectivity index (χ2n) is 9.10. The topological polar surface area (TPSA) is 62.1 Å². The van der Waals surface area contributed by atoms with Crippen LogP contribution in [0.1, 0.15) is 63.6 Å². The molecule has 3 aromatic heterocycles. The zero-order chi connectivity index (χ0) is 24.5. The first kappa shape index (κ1) is 24.7. The molecule has 1 N–H and O–H groups in total. The van der Waals surface area contributed by atoms with E-state index in [0.717, 1.165) is 17.8 Å². The lowest BCUT2D eigenvalue weighted by Gasteiger charge is -2.29. The first-order valence-corrected chi connectivity index (χ1v) is 11.6. The van der Waals surface area contributed by atoms with E-state index < -0.39 is 25.2 Å². The molecule has 0 saturated heterocycles. The maximum atomic E-state index is 12.7. The molecule has 3 heterocycles. The monoisotopic (exact) mass is 490 g/mol.